The van der Waals surface area contributed by atoms with Crippen LogP contribution in [0.3, 0.4) is 0 Å². The predicted octanol–water partition coefficient (Wildman–Crippen LogP) is 4.17. The van der Waals surface area contributed by atoms with Crippen LogP contribution in [-0.2, 0) is 11.8 Å². The van der Waals surface area contributed by atoms with Gasteiger partial charge in [0.15, 0.2) is 12.4 Å². The highest BCUT2D eigenvalue weighted by Gasteiger charge is 2.51. The summed E-state index contributed by atoms with van der Waals surface area (Å²) in [5, 5.41) is 7.11. The quantitative estimate of drug-likeness (QED) is 0.506. The number of alkyl halides is 2. The zero-order valence-corrected chi connectivity index (χ0v) is 21.4. The molecule has 0 unspecified atom stereocenters. The molecular formula is C25H27ClF2N6O3. The number of nitrogens with one attached hydrogen (secondary N) is 2. The lowest BCUT2D eigenvalue weighted by Gasteiger charge is -2.46. The van der Waals surface area contributed by atoms with Crippen molar-refractivity contribution in [2.45, 2.75) is 37.3 Å². The number of hydrogen-bond donors (Lipinski definition) is 2. The highest BCUT2D eigenvalue weighted by Crippen LogP contribution is 2.45. The van der Waals surface area contributed by atoms with Crippen LogP contribution in [0.1, 0.15) is 19.8 Å². The van der Waals surface area contributed by atoms with Gasteiger partial charge in [0.05, 0.1) is 36.5 Å². The lowest BCUT2D eigenvalue weighted by atomic mass is 9.97. The summed E-state index contributed by atoms with van der Waals surface area (Å²) in [5.41, 5.74) is 0.770. The molecule has 1 saturated heterocycles. The molecule has 196 valence electrons. The molecule has 3 aliphatic rings. The van der Waals surface area contributed by atoms with E-state index in [1.807, 2.05) is 11.8 Å². The van der Waals surface area contributed by atoms with E-state index in [0.29, 0.717) is 59.3 Å². The van der Waals surface area contributed by atoms with Gasteiger partial charge in [-0.25, -0.2) is 13.8 Å². The third kappa shape index (κ3) is 4.14. The summed E-state index contributed by atoms with van der Waals surface area (Å²) in [6.45, 7) is 2.48. The number of fused-ring (bicyclic) bond motifs is 3. The van der Waals surface area contributed by atoms with Gasteiger partial charge in [0.25, 0.3) is 5.56 Å². The van der Waals surface area contributed by atoms with Crippen molar-refractivity contribution in [3.63, 3.8) is 0 Å². The third-order valence-corrected chi connectivity index (χ3v) is 7.71. The zero-order valence-electron chi connectivity index (χ0n) is 20.6. The topological polar surface area (TPSA) is 93.5 Å². The van der Waals surface area contributed by atoms with E-state index in [1.165, 1.54) is 10.8 Å². The van der Waals surface area contributed by atoms with E-state index in [0.717, 1.165) is 0 Å². The zero-order chi connectivity index (χ0) is 26.1. The maximum absolute atomic E-state index is 14.9. The second-order valence-electron chi connectivity index (χ2n) is 10.3. The normalized spacial score (nSPS) is 21.9. The molecule has 2 N–H and O–H groups in total. The van der Waals surface area contributed by atoms with Gasteiger partial charge in [-0.2, -0.15) is 4.98 Å². The molecule has 0 bridgehead atoms. The van der Waals surface area contributed by atoms with E-state index in [9.17, 15) is 13.6 Å². The van der Waals surface area contributed by atoms with Gasteiger partial charge in [-0.15, -0.1) is 0 Å². The lowest BCUT2D eigenvalue weighted by Crippen LogP contribution is -2.61. The number of halogens is 3. The van der Waals surface area contributed by atoms with Crippen LogP contribution >= 0.6 is 11.6 Å². The van der Waals surface area contributed by atoms with Crippen molar-refractivity contribution in [3.05, 3.63) is 39.8 Å². The summed E-state index contributed by atoms with van der Waals surface area (Å²) in [6.07, 6.45) is 2.96. The molecule has 3 aromatic rings. The molecule has 2 aromatic heterocycles. The second kappa shape index (κ2) is 8.42. The number of pyridine rings is 1. The number of hydrogen-bond acceptors (Lipinski definition) is 8. The highest BCUT2D eigenvalue weighted by atomic mass is 35.5. The Morgan fingerprint density at radius 1 is 1.30 bits per heavy atom. The van der Waals surface area contributed by atoms with Gasteiger partial charge < -0.3 is 29.6 Å². The summed E-state index contributed by atoms with van der Waals surface area (Å²) < 4.78 is 42.1. The van der Waals surface area contributed by atoms with Crippen molar-refractivity contribution in [1.82, 2.24) is 14.5 Å². The van der Waals surface area contributed by atoms with Gasteiger partial charge >= 0.3 is 5.92 Å². The maximum atomic E-state index is 14.9. The van der Waals surface area contributed by atoms with Crippen LogP contribution in [0.2, 0.25) is 5.02 Å². The third-order valence-electron chi connectivity index (χ3n) is 7.43. The van der Waals surface area contributed by atoms with Gasteiger partial charge in [-0.1, -0.05) is 11.6 Å². The van der Waals surface area contributed by atoms with Crippen LogP contribution in [-0.4, -0.2) is 58.9 Å². The first kappa shape index (κ1) is 24.2. The number of methoxy groups -OCH3 is 1. The Morgan fingerprint density at radius 2 is 2.05 bits per heavy atom. The van der Waals surface area contributed by atoms with Gasteiger partial charge in [-0.3, -0.25) is 4.79 Å². The summed E-state index contributed by atoms with van der Waals surface area (Å²) in [7, 11) is 3.27. The first-order valence-electron chi connectivity index (χ1n) is 12.1. The SMILES string of the molecule is COC1(C)CN(c2ncc(Cl)c(Nc3ccc4c(c3)c3c(c(=O)n4C)OCC(F)(F)[C@H](C4CC4)N3)n2)C1. The van der Waals surface area contributed by atoms with Crippen LogP contribution in [0.4, 0.5) is 31.9 Å². The Bertz CT molecular complexity index is 1450. The van der Waals surface area contributed by atoms with Crippen LogP contribution in [0, 0.1) is 5.92 Å². The molecule has 1 aliphatic carbocycles. The number of rotatable bonds is 5. The minimum atomic E-state index is -3.10. The number of nitrogens with zero attached hydrogens (tertiary/aromatic N) is 4. The fraction of sp³-hybridized carbons (Fsp3) is 0.480. The van der Waals surface area contributed by atoms with Crippen molar-refractivity contribution in [2.75, 3.05) is 42.3 Å². The number of aryl methyl sites for hydroxylation is 1. The molecule has 1 saturated carbocycles. The van der Waals surface area contributed by atoms with Crippen LogP contribution in [0.15, 0.2) is 29.2 Å². The summed E-state index contributed by atoms with van der Waals surface area (Å²) >= 11 is 6.40. The number of anilines is 4. The van der Waals surface area contributed by atoms with Crippen LogP contribution in [0.5, 0.6) is 5.75 Å². The molecule has 2 fully saturated rings. The smallest absolute Gasteiger partial charge is 0.301 e. The standard InChI is InChI=1S/C25H27ClF2N6O3/c1-24(36-3)10-34(11-24)23-29-9-16(26)21(32-23)30-14-6-7-17-15(8-14)18-19(22(35)33(17)2)37-12-25(27,28)20(31-18)13-4-5-13/h6-9,13,20,31H,4-5,10-12H2,1-3H3,(H,29,30,32)/t20-/m0/s1. The second-order valence-corrected chi connectivity index (χ2v) is 10.7. The average molecular weight is 533 g/mol. The van der Waals surface area contributed by atoms with Crippen molar-refractivity contribution < 1.29 is 18.3 Å². The molecule has 0 radical (unpaired) electrons. The monoisotopic (exact) mass is 532 g/mol. The maximum Gasteiger partial charge on any atom is 0.301 e. The fourth-order valence-corrected chi connectivity index (χ4v) is 5.19. The van der Waals surface area contributed by atoms with Gasteiger partial charge in [-0.05, 0) is 43.9 Å². The van der Waals surface area contributed by atoms with Gasteiger partial charge in [0, 0.05) is 25.2 Å². The van der Waals surface area contributed by atoms with E-state index in [1.54, 1.807) is 32.4 Å². The van der Waals surface area contributed by atoms with Crippen LogP contribution in [0.25, 0.3) is 10.9 Å². The van der Waals surface area contributed by atoms with E-state index < -0.39 is 24.1 Å². The minimum Gasteiger partial charge on any atom is -0.480 e. The van der Waals surface area contributed by atoms with E-state index in [-0.39, 0.29) is 23.0 Å². The molecule has 12 heteroatoms. The van der Waals surface area contributed by atoms with Gasteiger partial charge in [0.2, 0.25) is 11.7 Å². The first-order valence-corrected chi connectivity index (χ1v) is 12.5. The Morgan fingerprint density at radius 3 is 2.76 bits per heavy atom. The molecule has 0 amide bonds. The van der Waals surface area contributed by atoms with Crippen molar-refractivity contribution in [1.29, 1.82) is 0 Å². The van der Waals surface area contributed by atoms with Gasteiger partial charge in [0.1, 0.15) is 10.6 Å². The molecule has 0 spiro atoms. The Hall–Kier alpha value is -3.18. The van der Waals surface area contributed by atoms with Crippen molar-refractivity contribution in [3.8, 4) is 5.75 Å². The minimum absolute atomic E-state index is 0.101. The Labute approximate surface area is 216 Å². The summed E-state index contributed by atoms with van der Waals surface area (Å²) in [6, 6.07) is 4.21. The largest absolute Gasteiger partial charge is 0.480 e. The molecule has 9 nitrogen and oxygen atoms in total. The average Bonchev–Trinajstić information content (AvgIpc) is 3.69. The number of ether oxygens (including phenoxy) is 2. The first-order chi connectivity index (χ1) is 17.6. The van der Waals surface area contributed by atoms with Crippen molar-refractivity contribution >= 4 is 45.6 Å². The lowest BCUT2D eigenvalue weighted by molar-refractivity contribution is -0.0579. The predicted molar refractivity (Wildman–Crippen MR) is 138 cm³/mol. The fourth-order valence-electron chi connectivity index (χ4n) is 5.05. The molecule has 4 heterocycles. The number of benzene rings is 1. The summed E-state index contributed by atoms with van der Waals surface area (Å²) in [4.78, 5) is 23.9. The molecular weight excluding hydrogens is 506 g/mol. The molecule has 6 rings (SSSR count). The highest BCUT2D eigenvalue weighted by molar-refractivity contribution is 6.33. The Balaban J connectivity index is 1.37. The molecule has 1 atom stereocenters. The van der Waals surface area contributed by atoms with Crippen molar-refractivity contribution in [2.24, 2.45) is 13.0 Å². The molecule has 2 aliphatic heterocycles. The van der Waals surface area contributed by atoms with Crippen LogP contribution < -0.4 is 25.8 Å². The Kier molecular flexibility index (Phi) is 5.50. The van der Waals surface area contributed by atoms with E-state index in [4.69, 9.17) is 21.1 Å². The van der Waals surface area contributed by atoms with E-state index >= 15 is 0 Å². The van der Waals surface area contributed by atoms with E-state index in [2.05, 4.69) is 20.6 Å². The summed E-state index contributed by atoms with van der Waals surface area (Å²) in [5.74, 6) is -2.45. The number of aromatic nitrogens is 3. The molecule has 37 heavy (non-hydrogen) atoms. The molecule has 1 aromatic carbocycles.